The molecule has 1 aromatic carbocycles. The summed E-state index contributed by atoms with van der Waals surface area (Å²) in [6.45, 7) is 0. The molecule has 0 fully saturated rings. The molecule has 8 nitrogen and oxygen atoms in total. The molecule has 0 atom stereocenters. The van der Waals surface area contributed by atoms with E-state index >= 15 is 0 Å². The van der Waals surface area contributed by atoms with Crippen LogP contribution in [-0.4, -0.2) is 27.4 Å². The van der Waals surface area contributed by atoms with E-state index in [4.69, 9.17) is 4.55 Å². The Kier molecular flexibility index (Phi) is 2.36. The summed E-state index contributed by atoms with van der Waals surface area (Å²) in [5, 5.41) is 9.99. The number of hydrogen-bond donors (Lipinski definition) is 1. The standard InChI is InChI=1S/C8H7N3O5S/c1-10-7-3-2-5(11(12)13)4-6(7)9-8(10)17(14,15)16/h2-4H,1H3,(H,14,15,16). The van der Waals surface area contributed by atoms with Crippen LogP contribution in [0, 0.1) is 10.1 Å². The van der Waals surface area contributed by atoms with E-state index < -0.39 is 20.2 Å². The maximum Gasteiger partial charge on any atom is 0.328 e. The predicted molar refractivity (Wildman–Crippen MR) is 57.2 cm³/mol. The van der Waals surface area contributed by atoms with Crippen LogP contribution in [0.4, 0.5) is 5.69 Å². The SMILES string of the molecule is Cn1c(S(=O)(=O)O)nc2cc([N+](=O)[O-])ccc21. The maximum atomic E-state index is 11.0. The van der Waals surface area contributed by atoms with Crippen molar-refractivity contribution in [2.45, 2.75) is 5.16 Å². The van der Waals surface area contributed by atoms with Gasteiger partial charge in [0.2, 0.25) is 0 Å². The molecule has 17 heavy (non-hydrogen) atoms. The number of nitro benzene ring substituents is 1. The summed E-state index contributed by atoms with van der Waals surface area (Å²) in [6, 6.07) is 3.75. The van der Waals surface area contributed by atoms with Crippen LogP contribution in [0.1, 0.15) is 0 Å². The van der Waals surface area contributed by atoms with E-state index in [9.17, 15) is 18.5 Å². The summed E-state index contributed by atoms with van der Waals surface area (Å²) in [7, 11) is -3.05. The molecule has 9 heteroatoms. The third-order valence-electron chi connectivity index (χ3n) is 2.26. The number of non-ortho nitro benzene ring substituents is 1. The fraction of sp³-hybridized carbons (Fsp3) is 0.125. The Bertz CT molecular complexity index is 718. The zero-order valence-corrected chi connectivity index (χ0v) is 9.38. The Morgan fingerprint density at radius 2 is 2.12 bits per heavy atom. The first-order valence-electron chi connectivity index (χ1n) is 4.39. The topological polar surface area (TPSA) is 115 Å². The summed E-state index contributed by atoms with van der Waals surface area (Å²) in [5.74, 6) is 0. The van der Waals surface area contributed by atoms with Gasteiger partial charge >= 0.3 is 10.1 Å². The summed E-state index contributed by atoms with van der Waals surface area (Å²) >= 11 is 0. The number of rotatable bonds is 2. The van der Waals surface area contributed by atoms with Crippen molar-refractivity contribution < 1.29 is 17.9 Å². The Morgan fingerprint density at radius 3 is 2.65 bits per heavy atom. The average molecular weight is 257 g/mol. The maximum absolute atomic E-state index is 11.0. The van der Waals surface area contributed by atoms with Crippen LogP contribution in [0.15, 0.2) is 23.4 Å². The van der Waals surface area contributed by atoms with Crippen molar-refractivity contribution in [3.63, 3.8) is 0 Å². The van der Waals surface area contributed by atoms with Gasteiger partial charge in [-0.1, -0.05) is 0 Å². The molecule has 0 spiro atoms. The van der Waals surface area contributed by atoms with Crippen molar-refractivity contribution in [1.82, 2.24) is 9.55 Å². The van der Waals surface area contributed by atoms with Gasteiger partial charge in [0, 0.05) is 19.2 Å². The number of aryl methyl sites for hydroxylation is 1. The van der Waals surface area contributed by atoms with Crippen molar-refractivity contribution >= 4 is 26.8 Å². The quantitative estimate of drug-likeness (QED) is 0.481. The average Bonchev–Trinajstić information content (AvgIpc) is 2.55. The van der Waals surface area contributed by atoms with Gasteiger partial charge in [-0.05, 0) is 6.07 Å². The van der Waals surface area contributed by atoms with E-state index in [1.165, 1.54) is 19.2 Å². The molecule has 1 heterocycles. The lowest BCUT2D eigenvalue weighted by Crippen LogP contribution is -2.06. The number of nitrogens with zero attached hydrogens (tertiary/aromatic N) is 3. The predicted octanol–water partition coefficient (Wildman–Crippen LogP) is 0.728. The Balaban J connectivity index is 2.79. The van der Waals surface area contributed by atoms with Gasteiger partial charge in [0.1, 0.15) is 0 Å². The first kappa shape index (κ1) is 11.5. The largest absolute Gasteiger partial charge is 0.328 e. The second kappa shape index (κ2) is 3.50. The highest BCUT2D eigenvalue weighted by Gasteiger charge is 2.20. The molecule has 0 saturated heterocycles. The number of hydrogen-bond acceptors (Lipinski definition) is 5. The monoisotopic (exact) mass is 257 g/mol. The molecule has 2 rings (SSSR count). The molecule has 0 bridgehead atoms. The number of benzene rings is 1. The van der Waals surface area contributed by atoms with Crippen LogP contribution in [-0.2, 0) is 17.2 Å². The Morgan fingerprint density at radius 1 is 1.47 bits per heavy atom. The lowest BCUT2D eigenvalue weighted by molar-refractivity contribution is -0.384. The highest BCUT2D eigenvalue weighted by Crippen LogP contribution is 2.22. The van der Waals surface area contributed by atoms with Crippen molar-refractivity contribution in [2.24, 2.45) is 7.05 Å². The highest BCUT2D eigenvalue weighted by atomic mass is 32.2. The third kappa shape index (κ3) is 1.85. The Labute approximate surface area is 95.4 Å². The number of aromatic nitrogens is 2. The minimum Gasteiger partial charge on any atom is -0.316 e. The lowest BCUT2D eigenvalue weighted by atomic mass is 10.3. The van der Waals surface area contributed by atoms with E-state index in [0.29, 0.717) is 5.52 Å². The third-order valence-corrected chi connectivity index (χ3v) is 3.09. The van der Waals surface area contributed by atoms with Crippen LogP contribution in [0.5, 0.6) is 0 Å². The molecule has 90 valence electrons. The lowest BCUT2D eigenvalue weighted by Gasteiger charge is -1.97. The Hall–Kier alpha value is -2.00. The van der Waals surface area contributed by atoms with Gasteiger partial charge in [0.15, 0.2) is 0 Å². The van der Waals surface area contributed by atoms with Crippen LogP contribution in [0.3, 0.4) is 0 Å². The van der Waals surface area contributed by atoms with Crippen LogP contribution < -0.4 is 0 Å². The van der Waals surface area contributed by atoms with Gasteiger partial charge in [-0.3, -0.25) is 14.7 Å². The molecule has 2 aromatic rings. The van der Waals surface area contributed by atoms with Crippen LogP contribution >= 0.6 is 0 Å². The molecule has 1 aromatic heterocycles. The molecule has 0 aliphatic carbocycles. The van der Waals surface area contributed by atoms with Gasteiger partial charge in [-0.25, -0.2) is 4.98 Å². The van der Waals surface area contributed by atoms with Gasteiger partial charge in [0.25, 0.3) is 10.8 Å². The van der Waals surface area contributed by atoms with E-state index in [1.807, 2.05) is 0 Å². The zero-order valence-electron chi connectivity index (χ0n) is 8.56. The molecule has 1 N–H and O–H groups in total. The van der Waals surface area contributed by atoms with Crippen molar-refractivity contribution in [1.29, 1.82) is 0 Å². The van der Waals surface area contributed by atoms with Crippen LogP contribution in [0.2, 0.25) is 0 Å². The number of imidazole rings is 1. The highest BCUT2D eigenvalue weighted by molar-refractivity contribution is 7.85. The summed E-state index contributed by atoms with van der Waals surface area (Å²) in [6.07, 6.45) is 0. The van der Waals surface area contributed by atoms with Crippen LogP contribution in [0.25, 0.3) is 11.0 Å². The molecular formula is C8H7N3O5S. The summed E-state index contributed by atoms with van der Waals surface area (Å²) < 4.78 is 32.0. The first-order chi connectivity index (χ1) is 7.80. The van der Waals surface area contributed by atoms with E-state index in [1.54, 1.807) is 0 Å². The smallest absolute Gasteiger partial charge is 0.316 e. The molecule has 0 aliphatic rings. The van der Waals surface area contributed by atoms with E-state index in [0.717, 1.165) is 10.6 Å². The minimum absolute atomic E-state index is 0.134. The molecule has 0 saturated carbocycles. The minimum atomic E-state index is -4.45. The molecule has 0 unspecified atom stereocenters. The zero-order chi connectivity index (χ0) is 12.8. The van der Waals surface area contributed by atoms with Crippen molar-refractivity contribution in [3.05, 3.63) is 28.3 Å². The summed E-state index contributed by atoms with van der Waals surface area (Å²) in [5.41, 5.74) is 0.315. The molecule has 0 amide bonds. The first-order valence-corrected chi connectivity index (χ1v) is 5.83. The van der Waals surface area contributed by atoms with Crippen molar-refractivity contribution in [2.75, 3.05) is 0 Å². The number of nitro groups is 1. The second-order valence-corrected chi connectivity index (χ2v) is 4.67. The van der Waals surface area contributed by atoms with Gasteiger partial charge < -0.3 is 4.57 Å². The van der Waals surface area contributed by atoms with E-state index in [2.05, 4.69) is 4.98 Å². The summed E-state index contributed by atoms with van der Waals surface area (Å²) in [4.78, 5) is 13.6. The second-order valence-electron chi connectivity index (χ2n) is 3.36. The molecular weight excluding hydrogens is 250 g/mol. The molecule has 0 radical (unpaired) electrons. The van der Waals surface area contributed by atoms with Gasteiger partial charge in [-0.2, -0.15) is 8.42 Å². The van der Waals surface area contributed by atoms with Crippen molar-refractivity contribution in [3.8, 4) is 0 Å². The number of fused-ring (bicyclic) bond motifs is 1. The fourth-order valence-corrected chi connectivity index (χ4v) is 2.17. The van der Waals surface area contributed by atoms with Gasteiger partial charge in [-0.15, -0.1) is 0 Å². The van der Waals surface area contributed by atoms with Gasteiger partial charge in [0.05, 0.1) is 16.0 Å². The normalized spacial score (nSPS) is 11.9. The fourth-order valence-electron chi connectivity index (χ4n) is 1.51. The van der Waals surface area contributed by atoms with E-state index in [-0.39, 0.29) is 11.2 Å². The molecule has 0 aliphatic heterocycles.